The van der Waals surface area contributed by atoms with Gasteiger partial charge in [-0.3, -0.25) is 10.3 Å². The van der Waals surface area contributed by atoms with Crippen molar-refractivity contribution in [3.63, 3.8) is 0 Å². The van der Waals surface area contributed by atoms with Gasteiger partial charge in [0.15, 0.2) is 5.82 Å². The summed E-state index contributed by atoms with van der Waals surface area (Å²) in [6.07, 6.45) is 7.56. The lowest BCUT2D eigenvalue weighted by Gasteiger charge is -2.25. The number of urea groups is 1. The molecule has 3 N–H and O–H groups in total. The molecule has 1 aliphatic heterocycles. The first kappa shape index (κ1) is 19.6. The number of ether oxygens (including phenoxy) is 2. The highest BCUT2D eigenvalue weighted by Gasteiger charge is 2.19. The first-order valence-electron chi connectivity index (χ1n) is 10.1. The third-order valence-electron chi connectivity index (χ3n) is 5.14. The van der Waals surface area contributed by atoms with Crippen LogP contribution in [0.3, 0.4) is 0 Å². The molecule has 8 nitrogen and oxygen atoms in total. The monoisotopic (exact) mass is 397 g/mol. The minimum Gasteiger partial charge on any atom is -0.489 e. The Morgan fingerprint density at radius 1 is 1.21 bits per heavy atom. The smallest absolute Gasteiger partial charge is 0.324 e. The first-order valence-corrected chi connectivity index (χ1v) is 10.1. The Kier molecular flexibility index (Phi) is 6.21. The topological polar surface area (TPSA) is 97.4 Å². The van der Waals surface area contributed by atoms with E-state index >= 15 is 0 Å². The number of aryl methyl sites for hydroxylation is 3. The predicted molar refractivity (Wildman–Crippen MR) is 111 cm³/mol. The molecule has 0 bridgehead atoms. The van der Waals surface area contributed by atoms with Crippen molar-refractivity contribution < 1.29 is 14.3 Å². The van der Waals surface area contributed by atoms with Gasteiger partial charge in [-0.15, -0.1) is 0 Å². The number of carbonyl (C=O) groups excluding carboxylic acids is 1. The first-order chi connectivity index (χ1) is 14.2. The minimum absolute atomic E-state index is 0.00397. The predicted octanol–water partition coefficient (Wildman–Crippen LogP) is 2.68. The van der Waals surface area contributed by atoms with E-state index in [1.165, 1.54) is 30.2 Å². The average Bonchev–Trinajstić information content (AvgIpc) is 2.74. The van der Waals surface area contributed by atoms with Gasteiger partial charge in [-0.1, -0.05) is 0 Å². The van der Waals surface area contributed by atoms with Crippen molar-refractivity contribution in [3.05, 3.63) is 41.3 Å². The second-order valence-electron chi connectivity index (χ2n) is 7.45. The van der Waals surface area contributed by atoms with Crippen LogP contribution in [0.5, 0.6) is 5.75 Å². The molecule has 2 aliphatic rings. The van der Waals surface area contributed by atoms with Crippen molar-refractivity contribution in [1.29, 1.82) is 0 Å². The number of carbonyl (C=O) groups is 1. The van der Waals surface area contributed by atoms with Gasteiger partial charge in [0.05, 0.1) is 30.4 Å². The molecule has 1 aromatic heterocycles. The van der Waals surface area contributed by atoms with Crippen LogP contribution in [0.25, 0.3) is 0 Å². The molecular weight excluding hydrogens is 370 g/mol. The maximum Gasteiger partial charge on any atom is 0.324 e. The molecule has 2 amide bonds. The second kappa shape index (κ2) is 9.19. The van der Waals surface area contributed by atoms with Gasteiger partial charge in [-0.2, -0.15) is 0 Å². The number of benzene rings is 1. The van der Waals surface area contributed by atoms with Crippen LogP contribution < -0.4 is 20.7 Å². The van der Waals surface area contributed by atoms with Crippen LogP contribution in [0.1, 0.15) is 29.7 Å². The molecule has 8 heteroatoms. The standard InChI is InChI=1S/C21H27N5O3/c1-14-10-24-20(12-23-14)26-21(27)25-18-8-15-4-2-3-5-16(15)9-19(18)29-13-17-11-22-6-7-28-17/h8-10,12,17,22H,2-7,11,13H2,1H3,(H2,24,25,26,27)/t17-/m0/s1. The van der Waals surface area contributed by atoms with Gasteiger partial charge < -0.3 is 20.1 Å². The fourth-order valence-corrected chi connectivity index (χ4v) is 3.62. The number of hydrogen-bond acceptors (Lipinski definition) is 6. The number of morpholine rings is 1. The minimum atomic E-state index is -0.376. The normalized spacial score (nSPS) is 18.6. The van der Waals surface area contributed by atoms with E-state index in [1.54, 1.807) is 6.20 Å². The zero-order chi connectivity index (χ0) is 20.1. The van der Waals surface area contributed by atoms with E-state index < -0.39 is 0 Å². The molecule has 1 fully saturated rings. The lowest BCUT2D eigenvalue weighted by Crippen LogP contribution is -2.41. The van der Waals surface area contributed by atoms with Crippen molar-refractivity contribution >= 4 is 17.5 Å². The largest absolute Gasteiger partial charge is 0.489 e. The van der Waals surface area contributed by atoms with Gasteiger partial charge in [0.25, 0.3) is 0 Å². The van der Waals surface area contributed by atoms with Crippen molar-refractivity contribution in [1.82, 2.24) is 15.3 Å². The molecule has 1 aromatic carbocycles. The quantitative estimate of drug-likeness (QED) is 0.718. The van der Waals surface area contributed by atoms with E-state index in [1.807, 2.05) is 13.0 Å². The molecule has 29 heavy (non-hydrogen) atoms. The molecule has 0 saturated carbocycles. The number of amides is 2. The van der Waals surface area contributed by atoms with Gasteiger partial charge in [-0.05, 0) is 55.9 Å². The highest BCUT2D eigenvalue weighted by molar-refractivity contribution is 6.00. The molecule has 2 aromatic rings. The van der Waals surface area contributed by atoms with Crippen molar-refractivity contribution in [2.24, 2.45) is 0 Å². The number of nitrogens with one attached hydrogen (secondary N) is 3. The molecule has 0 spiro atoms. The van der Waals surface area contributed by atoms with E-state index in [-0.39, 0.29) is 12.1 Å². The average molecular weight is 397 g/mol. The number of rotatable bonds is 5. The van der Waals surface area contributed by atoms with Gasteiger partial charge in [0, 0.05) is 13.1 Å². The Morgan fingerprint density at radius 3 is 2.76 bits per heavy atom. The van der Waals surface area contributed by atoms with E-state index in [9.17, 15) is 4.79 Å². The Bertz CT molecular complexity index is 850. The maximum atomic E-state index is 12.5. The van der Waals surface area contributed by atoms with Gasteiger partial charge in [0.1, 0.15) is 18.5 Å². The zero-order valence-electron chi connectivity index (χ0n) is 16.7. The van der Waals surface area contributed by atoms with Crippen LogP contribution in [0.2, 0.25) is 0 Å². The summed E-state index contributed by atoms with van der Waals surface area (Å²) in [5.41, 5.74) is 4.02. The maximum absolute atomic E-state index is 12.5. The number of anilines is 2. The summed E-state index contributed by atoms with van der Waals surface area (Å²) in [6, 6.07) is 3.72. The molecule has 2 heterocycles. The summed E-state index contributed by atoms with van der Waals surface area (Å²) in [7, 11) is 0. The fraction of sp³-hybridized carbons (Fsp3) is 0.476. The van der Waals surface area contributed by atoms with Crippen LogP contribution in [0.15, 0.2) is 24.5 Å². The number of nitrogens with zero attached hydrogens (tertiary/aromatic N) is 2. The SMILES string of the molecule is Cc1cnc(NC(=O)Nc2cc3c(cc2OC[C@@H]2CNCCO2)CCCC3)cn1. The summed E-state index contributed by atoms with van der Waals surface area (Å²) >= 11 is 0. The van der Waals surface area contributed by atoms with Gasteiger partial charge in [-0.25, -0.2) is 9.78 Å². The summed E-state index contributed by atoms with van der Waals surface area (Å²) in [6.45, 7) is 4.60. The number of aromatic nitrogens is 2. The summed E-state index contributed by atoms with van der Waals surface area (Å²) in [5.74, 6) is 1.07. The Labute approximate surface area is 170 Å². The van der Waals surface area contributed by atoms with E-state index in [4.69, 9.17) is 9.47 Å². The third kappa shape index (κ3) is 5.21. The molecule has 4 rings (SSSR count). The Hall–Kier alpha value is -2.71. The fourth-order valence-electron chi connectivity index (χ4n) is 3.62. The Balaban J connectivity index is 1.48. The van der Waals surface area contributed by atoms with Crippen LogP contribution in [0.4, 0.5) is 16.3 Å². The molecular formula is C21H27N5O3. The van der Waals surface area contributed by atoms with Crippen LogP contribution >= 0.6 is 0 Å². The van der Waals surface area contributed by atoms with E-state index in [0.29, 0.717) is 30.5 Å². The van der Waals surface area contributed by atoms with E-state index in [0.717, 1.165) is 31.6 Å². The van der Waals surface area contributed by atoms with E-state index in [2.05, 4.69) is 32.0 Å². The van der Waals surface area contributed by atoms with Crippen LogP contribution in [-0.2, 0) is 17.6 Å². The number of fused-ring (bicyclic) bond motifs is 1. The molecule has 154 valence electrons. The Morgan fingerprint density at radius 2 is 2.03 bits per heavy atom. The molecule has 1 saturated heterocycles. The summed E-state index contributed by atoms with van der Waals surface area (Å²) < 4.78 is 11.8. The number of hydrogen-bond donors (Lipinski definition) is 3. The van der Waals surface area contributed by atoms with Crippen LogP contribution in [-0.4, -0.2) is 48.4 Å². The van der Waals surface area contributed by atoms with Crippen molar-refractivity contribution in [2.45, 2.75) is 38.7 Å². The van der Waals surface area contributed by atoms with Crippen molar-refractivity contribution in [2.75, 3.05) is 36.9 Å². The highest BCUT2D eigenvalue weighted by Crippen LogP contribution is 2.33. The molecule has 1 aliphatic carbocycles. The van der Waals surface area contributed by atoms with Gasteiger partial charge in [0.2, 0.25) is 0 Å². The molecule has 0 radical (unpaired) electrons. The molecule has 1 atom stereocenters. The van der Waals surface area contributed by atoms with Crippen molar-refractivity contribution in [3.8, 4) is 5.75 Å². The second-order valence-corrected chi connectivity index (χ2v) is 7.45. The lowest BCUT2D eigenvalue weighted by molar-refractivity contribution is 0.000331. The summed E-state index contributed by atoms with van der Waals surface area (Å²) in [5, 5.41) is 8.93. The third-order valence-corrected chi connectivity index (χ3v) is 5.14. The summed E-state index contributed by atoms with van der Waals surface area (Å²) in [4.78, 5) is 20.8. The molecule has 0 unspecified atom stereocenters. The lowest BCUT2D eigenvalue weighted by atomic mass is 9.91. The highest BCUT2D eigenvalue weighted by atomic mass is 16.5. The van der Waals surface area contributed by atoms with Crippen LogP contribution in [0, 0.1) is 6.92 Å². The van der Waals surface area contributed by atoms with Gasteiger partial charge >= 0.3 is 6.03 Å². The zero-order valence-corrected chi connectivity index (χ0v) is 16.7.